The lowest BCUT2D eigenvalue weighted by Gasteiger charge is -2.33. The van der Waals surface area contributed by atoms with Crippen LogP contribution in [0.5, 0.6) is 0 Å². The van der Waals surface area contributed by atoms with Gasteiger partial charge in [0.1, 0.15) is 0 Å². The Labute approximate surface area is 133 Å². The summed E-state index contributed by atoms with van der Waals surface area (Å²) in [4.78, 5) is 16.8. The molecule has 0 atom stereocenters. The second kappa shape index (κ2) is 8.76. The van der Waals surface area contributed by atoms with Gasteiger partial charge in [0.15, 0.2) is 0 Å². The molecule has 0 spiro atoms. The Bertz CT molecular complexity index is 469. The SMILES string of the molecule is CCN1CCN(CCNC(=O)CCc2ccccc2N)CC1. The summed E-state index contributed by atoms with van der Waals surface area (Å²) in [7, 11) is 0. The van der Waals surface area contributed by atoms with E-state index in [0.717, 1.165) is 57.1 Å². The summed E-state index contributed by atoms with van der Waals surface area (Å²) >= 11 is 0. The molecule has 0 aromatic heterocycles. The van der Waals surface area contributed by atoms with Crippen molar-refractivity contribution in [3.8, 4) is 0 Å². The predicted molar refractivity (Wildman–Crippen MR) is 90.7 cm³/mol. The molecule has 3 N–H and O–H groups in total. The monoisotopic (exact) mass is 304 g/mol. The van der Waals surface area contributed by atoms with Crippen LogP contribution in [-0.2, 0) is 11.2 Å². The zero-order valence-electron chi connectivity index (χ0n) is 13.6. The van der Waals surface area contributed by atoms with Gasteiger partial charge in [-0.05, 0) is 24.6 Å². The average Bonchev–Trinajstić information content (AvgIpc) is 2.55. The second-order valence-electron chi connectivity index (χ2n) is 5.82. The van der Waals surface area contributed by atoms with E-state index in [1.54, 1.807) is 0 Å². The first kappa shape index (κ1) is 16.8. The normalized spacial score (nSPS) is 16.6. The number of aryl methyl sites for hydroxylation is 1. The summed E-state index contributed by atoms with van der Waals surface area (Å²) in [6.45, 7) is 9.48. The van der Waals surface area contributed by atoms with E-state index >= 15 is 0 Å². The smallest absolute Gasteiger partial charge is 0.220 e. The molecule has 22 heavy (non-hydrogen) atoms. The van der Waals surface area contributed by atoms with Gasteiger partial charge in [-0.1, -0.05) is 25.1 Å². The zero-order valence-corrected chi connectivity index (χ0v) is 13.6. The lowest BCUT2D eigenvalue weighted by Crippen LogP contribution is -2.48. The molecular formula is C17H28N4O. The molecule has 0 aliphatic carbocycles. The summed E-state index contributed by atoms with van der Waals surface area (Å²) < 4.78 is 0. The lowest BCUT2D eigenvalue weighted by molar-refractivity contribution is -0.121. The molecule has 1 fully saturated rings. The Hall–Kier alpha value is -1.59. The number of nitrogens with one attached hydrogen (secondary N) is 1. The first-order valence-electron chi connectivity index (χ1n) is 8.24. The van der Waals surface area contributed by atoms with Crippen molar-refractivity contribution in [1.82, 2.24) is 15.1 Å². The Morgan fingerprint density at radius 2 is 1.86 bits per heavy atom. The van der Waals surface area contributed by atoms with E-state index in [-0.39, 0.29) is 5.91 Å². The fourth-order valence-corrected chi connectivity index (χ4v) is 2.78. The van der Waals surface area contributed by atoms with Crippen molar-refractivity contribution in [1.29, 1.82) is 0 Å². The van der Waals surface area contributed by atoms with Gasteiger partial charge in [-0.3, -0.25) is 9.69 Å². The number of amides is 1. The molecule has 0 radical (unpaired) electrons. The Kier molecular flexibility index (Phi) is 6.68. The molecule has 5 heteroatoms. The van der Waals surface area contributed by atoms with Crippen molar-refractivity contribution >= 4 is 11.6 Å². The fraction of sp³-hybridized carbons (Fsp3) is 0.588. The third-order valence-corrected chi connectivity index (χ3v) is 4.34. The first-order chi connectivity index (χ1) is 10.7. The molecule has 1 aliphatic heterocycles. The number of nitrogens with two attached hydrogens (primary N) is 1. The van der Waals surface area contributed by atoms with Crippen molar-refractivity contribution in [2.24, 2.45) is 0 Å². The summed E-state index contributed by atoms with van der Waals surface area (Å²) in [5.74, 6) is 0.107. The Balaban J connectivity index is 1.59. The Morgan fingerprint density at radius 1 is 1.18 bits per heavy atom. The van der Waals surface area contributed by atoms with Gasteiger partial charge in [0, 0.05) is 51.4 Å². The van der Waals surface area contributed by atoms with E-state index in [4.69, 9.17) is 5.73 Å². The number of nitrogen functional groups attached to an aromatic ring is 1. The van der Waals surface area contributed by atoms with E-state index in [1.807, 2.05) is 24.3 Å². The number of carbonyl (C=O) groups is 1. The van der Waals surface area contributed by atoms with Crippen LogP contribution in [0.25, 0.3) is 0 Å². The standard InChI is InChI=1S/C17H28N4O/c1-2-20-11-13-21(14-12-20)10-9-19-17(22)8-7-15-5-3-4-6-16(15)18/h3-6H,2,7-14,18H2,1H3,(H,19,22). The number of para-hydroxylation sites is 1. The van der Waals surface area contributed by atoms with Crippen LogP contribution in [0.2, 0.25) is 0 Å². The van der Waals surface area contributed by atoms with Gasteiger partial charge in [-0.2, -0.15) is 0 Å². The third-order valence-electron chi connectivity index (χ3n) is 4.34. The molecule has 1 amide bonds. The molecule has 1 aromatic rings. The highest BCUT2D eigenvalue weighted by Crippen LogP contribution is 2.12. The third kappa shape index (κ3) is 5.31. The molecule has 0 saturated carbocycles. The van der Waals surface area contributed by atoms with Crippen LogP contribution >= 0.6 is 0 Å². The van der Waals surface area contributed by atoms with Gasteiger partial charge in [0.25, 0.3) is 0 Å². The average molecular weight is 304 g/mol. The minimum Gasteiger partial charge on any atom is -0.399 e. The second-order valence-corrected chi connectivity index (χ2v) is 5.82. The van der Waals surface area contributed by atoms with Gasteiger partial charge < -0.3 is 16.0 Å². The van der Waals surface area contributed by atoms with E-state index in [9.17, 15) is 4.79 Å². The summed E-state index contributed by atoms with van der Waals surface area (Å²) in [6, 6.07) is 7.73. The zero-order chi connectivity index (χ0) is 15.8. The summed E-state index contributed by atoms with van der Waals surface area (Å²) in [5.41, 5.74) is 7.70. The molecule has 1 aliphatic rings. The van der Waals surface area contributed by atoms with E-state index in [2.05, 4.69) is 22.0 Å². The van der Waals surface area contributed by atoms with Crippen LogP contribution in [0.4, 0.5) is 5.69 Å². The molecule has 122 valence electrons. The number of rotatable bonds is 7. The van der Waals surface area contributed by atoms with E-state index in [0.29, 0.717) is 12.8 Å². The number of anilines is 1. The largest absolute Gasteiger partial charge is 0.399 e. The quantitative estimate of drug-likeness (QED) is 0.737. The number of likely N-dealkylation sites (N-methyl/N-ethyl adjacent to an activating group) is 1. The number of benzene rings is 1. The van der Waals surface area contributed by atoms with Crippen molar-refractivity contribution in [2.75, 3.05) is 51.5 Å². The van der Waals surface area contributed by atoms with E-state index < -0.39 is 0 Å². The van der Waals surface area contributed by atoms with Gasteiger partial charge >= 0.3 is 0 Å². The van der Waals surface area contributed by atoms with Crippen LogP contribution in [0.15, 0.2) is 24.3 Å². The molecule has 1 saturated heterocycles. The van der Waals surface area contributed by atoms with Gasteiger partial charge in [-0.15, -0.1) is 0 Å². The minimum absolute atomic E-state index is 0.107. The topological polar surface area (TPSA) is 61.6 Å². The number of carbonyl (C=O) groups excluding carboxylic acids is 1. The maximum absolute atomic E-state index is 11.9. The number of piperazine rings is 1. The molecule has 2 rings (SSSR count). The maximum Gasteiger partial charge on any atom is 0.220 e. The maximum atomic E-state index is 11.9. The summed E-state index contributed by atoms with van der Waals surface area (Å²) in [6.07, 6.45) is 1.20. The van der Waals surface area contributed by atoms with Crippen LogP contribution in [0, 0.1) is 0 Å². The molecular weight excluding hydrogens is 276 g/mol. The van der Waals surface area contributed by atoms with Crippen LogP contribution < -0.4 is 11.1 Å². The summed E-state index contributed by atoms with van der Waals surface area (Å²) in [5, 5.41) is 3.01. The fourth-order valence-electron chi connectivity index (χ4n) is 2.78. The first-order valence-corrected chi connectivity index (χ1v) is 8.24. The highest BCUT2D eigenvalue weighted by molar-refractivity contribution is 5.76. The molecule has 0 bridgehead atoms. The van der Waals surface area contributed by atoms with Crippen molar-refractivity contribution in [2.45, 2.75) is 19.8 Å². The van der Waals surface area contributed by atoms with Gasteiger partial charge in [0.2, 0.25) is 5.91 Å². The highest BCUT2D eigenvalue weighted by Gasteiger charge is 2.14. The van der Waals surface area contributed by atoms with E-state index in [1.165, 1.54) is 0 Å². The van der Waals surface area contributed by atoms with Crippen molar-refractivity contribution in [3.63, 3.8) is 0 Å². The molecule has 1 heterocycles. The predicted octanol–water partition coefficient (Wildman–Crippen LogP) is 0.955. The minimum atomic E-state index is 0.107. The number of hydrogen-bond donors (Lipinski definition) is 2. The van der Waals surface area contributed by atoms with Crippen molar-refractivity contribution < 1.29 is 4.79 Å². The lowest BCUT2D eigenvalue weighted by atomic mass is 10.1. The van der Waals surface area contributed by atoms with Crippen molar-refractivity contribution in [3.05, 3.63) is 29.8 Å². The molecule has 5 nitrogen and oxygen atoms in total. The number of hydrogen-bond acceptors (Lipinski definition) is 4. The molecule has 1 aromatic carbocycles. The van der Waals surface area contributed by atoms with Crippen LogP contribution in [-0.4, -0.2) is 61.5 Å². The highest BCUT2D eigenvalue weighted by atomic mass is 16.1. The van der Waals surface area contributed by atoms with Crippen LogP contribution in [0.3, 0.4) is 0 Å². The van der Waals surface area contributed by atoms with Gasteiger partial charge in [0.05, 0.1) is 0 Å². The molecule has 0 unspecified atom stereocenters. The van der Waals surface area contributed by atoms with Crippen LogP contribution in [0.1, 0.15) is 18.9 Å². The Morgan fingerprint density at radius 3 is 2.55 bits per heavy atom. The number of nitrogens with zero attached hydrogens (tertiary/aromatic N) is 2. The van der Waals surface area contributed by atoms with Gasteiger partial charge in [-0.25, -0.2) is 0 Å².